The molecule has 0 spiro atoms. The van der Waals surface area contributed by atoms with E-state index in [2.05, 4.69) is 54.9 Å². The Bertz CT molecular complexity index is 410. The molecule has 0 aromatic heterocycles. The van der Waals surface area contributed by atoms with Crippen LogP contribution in [0.3, 0.4) is 0 Å². The molecule has 0 aliphatic rings. The van der Waals surface area contributed by atoms with Crippen molar-refractivity contribution in [1.29, 1.82) is 0 Å². The number of hydrogen-bond acceptors (Lipinski definition) is 7. The average molecular weight is 637 g/mol. The average Bonchev–Trinajstić information content (AvgIpc) is 2.86. The smallest absolute Gasteiger partial charge is 0.161 e. The van der Waals surface area contributed by atoms with Crippen LogP contribution in [-0.2, 0) is 25.1 Å². The van der Waals surface area contributed by atoms with Gasteiger partial charge in [0, 0.05) is 19.8 Å². The molecular formula is C24H57O3PS4Si3. The van der Waals surface area contributed by atoms with Crippen molar-refractivity contribution in [3.63, 3.8) is 0 Å². The van der Waals surface area contributed by atoms with E-state index in [0.29, 0.717) is 0 Å². The molecule has 0 radical (unpaired) electrons. The molecule has 0 amide bonds. The molecule has 0 atom stereocenters. The molecule has 0 aliphatic carbocycles. The van der Waals surface area contributed by atoms with Crippen LogP contribution in [0.5, 0.6) is 0 Å². The minimum Gasteiger partial charge on any atom is -0.424 e. The van der Waals surface area contributed by atoms with Gasteiger partial charge < -0.3 is 13.3 Å². The fraction of sp³-hybridized carbons (Fsp3) is 1.00. The van der Waals surface area contributed by atoms with E-state index in [0.717, 1.165) is 19.8 Å². The van der Waals surface area contributed by atoms with Crippen molar-refractivity contribution in [1.82, 2.24) is 0 Å². The van der Waals surface area contributed by atoms with Crippen LogP contribution in [0.15, 0.2) is 0 Å². The van der Waals surface area contributed by atoms with Gasteiger partial charge in [0.2, 0.25) is 0 Å². The molecule has 0 saturated heterocycles. The summed E-state index contributed by atoms with van der Waals surface area (Å²) in [5.74, 6) is 3.69. The Morgan fingerprint density at radius 3 is 1.11 bits per heavy atom. The summed E-state index contributed by atoms with van der Waals surface area (Å²) in [6, 6.07) is 3.93. The Kier molecular flexibility index (Phi) is 32.7. The van der Waals surface area contributed by atoms with E-state index >= 15 is 0 Å². The maximum atomic E-state index is 6.29. The van der Waals surface area contributed by atoms with Gasteiger partial charge in [0.15, 0.2) is 29.3 Å². The Morgan fingerprint density at radius 2 is 0.829 bits per heavy atom. The maximum absolute atomic E-state index is 6.29. The summed E-state index contributed by atoms with van der Waals surface area (Å²) in [6.45, 7) is 9.74. The molecule has 0 heterocycles. The van der Waals surface area contributed by atoms with Crippen molar-refractivity contribution >= 4 is 78.9 Å². The van der Waals surface area contributed by atoms with Gasteiger partial charge in [0.1, 0.15) is 3.64 Å². The third kappa shape index (κ3) is 29.0. The summed E-state index contributed by atoms with van der Waals surface area (Å²) in [5, 5.41) is 0. The van der Waals surface area contributed by atoms with Gasteiger partial charge >= 0.3 is 0 Å². The van der Waals surface area contributed by atoms with Gasteiger partial charge in [-0.15, -0.1) is 34.1 Å². The van der Waals surface area contributed by atoms with E-state index in [1.54, 1.807) is 0 Å². The van der Waals surface area contributed by atoms with Crippen molar-refractivity contribution in [2.45, 2.75) is 116 Å². The first kappa shape index (κ1) is 37.2. The van der Waals surface area contributed by atoms with Crippen LogP contribution in [-0.4, -0.2) is 66.4 Å². The number of hydrogen-bond donors (Lipinski definition) is 0. The predicted octanol–water partition coefficient (Wildman–Crippen LogP) is 7.71. The van der Waals surface area contributed by atoms with E-state index < -0.39 is 3.64 Å². The summed E-state index contributed by atoms with van der Waals surface area (Å²) in [4.78, 5) is 0. The molecule has 0 aromatic rings. The van der Waals surface area contributed by atoms with Crippen LogP contribution in [0.2, 0.25) is 18.1 Å². The van der Waals surface area contributed by atoms with Crippen LogP contribution in [0.4, 0.5) is 0 Å². The van der Waals surface area contributed by atoms with E-state index in [9.17, 15) is 0 Å². The van der Waals surface area contributed by atoms with Crippen molar-refractivity contribution < 1.29 is 13.3 Å². The largest absolute Gasteiger partial charge is 0.424 e. The molecule has 0 bridgehead atoms. The van der Waals surface area contributed by atoms with Crippen LogP contribution in [0.25, 0.3) is 0 Å². The predicted molar refractivity (Wildman–Crippen MR) is 182 cm³/mol. The Balaban J connectivity index is 4.06. The van der Waals surface area contributed by atoms with Gasteiger partial charge in [0.25, 0.3) is 0 Å². The van der Waals surface area contributed by atoms with E-state index in [-0.39, 0.29) is 29.3 Å². The van der Waals surface area contributed by atoms with Crippen molar-refractivity contribution in [2.75, 3.05) is 37.1 Å². The Morgan fingerprint density at radius 1 is 0.514 bits per heavy atom. The van der Waals surface area contributed by atoms with Crippen molar-refractivity contribution in [3.8, 4) is 0 Å². The molecule has 11 heteroatoms. The van der Waals surface area contributed by atoms with E-state index in [1.807, 2.05) is 0 Å². The lowest BCUT2D eigenvalue weighted by molar-refractivity contribution is 0.322. The zero-order valence-electron chi connectivity index (χ0n) is 23.3. The highest BCUT2D eigenvalue weighted by Gasteiger charge is 2.19. The molecule has 35 heavy (non-hydrogen) atoms. The second-order valence-electron chi connectivity index (χ2n) is 9.03. The fourth-order valence-electron chi connectivity index (χ4n) is 3.23. The van der Waals surface area contributed by atoms with Crippen molar-refractivity contribution in [2.24, 2.45) is 0 Å². The first-order valence-electron chi connectivity index (χ1n) is 14.4. The molecule has 0 aliphatic heterocycles. The number of rotatable bonds is 30. The molecule has 3 nitrogen and oxygen atoms in total. The second kappa shape index (κ2) is 30.8. The lowest BCUT2D eigenvalue weighted by atomic mass is 10.3. The summed E-state index contributed by atoms with van der Waals surface area (Å²) < 4.78 is 16.3. The lowest BCUT2D eigenvalue weighted by Gasteiger charge is -2.20. The molecule has 0 aromatic carbocycles. The monoisotopic (exact) mass is 636 g/mol. The van der Waals surface area contributed by atoms with Gasteiger partial charge in [-0.05, 0) is 73.9 Å². The molecule has 0 unspecified atom stereocenters. The van der Waals surface area contributed by atoms with E-state index in [4.69, 9.17) is 25.1 Å². The summed E-state index contributed by atoms with van der Waals surface area (Å²) >= 11 is 12.7. The van der Waals surface area contributed by atoms with Crippen molar-refractivity contribution in [3.05, 3.63) is 0 Å². The SMILES string of the molecule is CCCCCO[SiH2]CCCSP(=S)(SCCC[SiH2]OCCCCC)SCCC[SiH2]OCCCCC. The van der Waals surface area contributed by atoms with Gasteiger partial charge in [-0.1, -0.05) is 71.1 Å². The fourth-order valence-corrected chi connectivity index (χ4v) is 21.3. The van der Waals surface area contributed by atoms with Crippen LogP contribution in [0.1, 0.15) is 97.8 Å². The highest BCUT2D eigenvalue weighted by Crippen LogP contribution is 2.78. The quantitative estimate of drug-likeness (QED) is 0.0453. The Hall–Kier alpha value is 2.23. The normalized spacial score (nSPS) is 14.4. The molecule has 0 N–H and O–H groups in total. The van der Waals surface area contributed by atoms with E-state index in [1.165, 1.54) is 112 Å². The zero-order chi connectivity index (χ0) is 25.7. The first-order chi connectivity index (χ1) is 17.2. The summed E-state index contributed by atoms with van der Waals surface area (Å²) in [6.07, 6.45) is 15.4. The van der Waals surface area contributed by atoms with Gasteiger partial charge in [-0.3, -0.25) is 0 Å². The van der Waals surface area contributed by atoms with Gasteiger partial charge in [-0.25, -0.2) is 0 Å². The minimum atomic E-state index is -1.42. The molecule has 212 valence electrons. The highest BCUT2D eigenvalue weighted by molar-refractivity contribution is 9.23. The molecule has 0 fully saturated rings. The van der Waals surface area contributed by atoms with Crippen LogP contribution >= 0.6 is 37.8 Å². The Labute approximate surface area is 243 Å². The van der Waals surface area contributed by atoms with Gasteiger partial charge in [0.05, 0.1) is 0 Å². The third-order valence-electron chi connectivity index (χ3n) is 5.47. The van der Waals surface area contributed by atoms with Crippen LogP contribution in [0, 0.1) is 0 Å². The molecular weight excluding hydrogens is 580 g/mol. The standard InChI is InChI=1S/C24H57O3PS4Si3/c1-4-7-10-16-25-33-22-13-19-30-28(29,31-20-14-23-34-26-17-11-8-5-2)32-21-15-24-35-27-18-12-9-6-3/h4-24,33-35H2,1-3H3. The topological polar surface area (TPSA) is 27.7 Å². The maximum Gasteiger partial charge on any atom is 0.161 e. The third-order valence-corrected chi connectivity index (χ3v) is 25.0. The number of unbranched alkanes of at least 4 members (excludes halogenated alkanes) is 6. The summed E-state index contributed by atoms with van der Waals surface area (Å²) in [5.41, 5.74) is 0. The molecule has 0 rings (SSSR count). The highest BCUT2D eigenvalue weighted by atomic mass is 33.5. The van der Waals surface area contributed by atoms with Crippen LogP contribution < -0.4 is 0 Å². The first-order valence-corrected chi connectivity index (χ1v) is 26.8. The van der Waals surface area contributed by atoms with Gasteiger partial charge in [-0.2, -0.15) is 0 Å². The second-order valence-corrected chi connectivity index (χ2v) is 29.5. The summed E-state index contributed by atoms with van der Waals surface area (Å²) in [7, 11) is -0.946. The lowest BCUT2D eigenvalue weighted by Crippen LogP contribution is -2.01. The zero-order valence-corrected chi connectivity index (χ0v) is 31.7. The minimum absolute atomic E-state index is 0.315. The molecule has 0 saturated carbocycles.